The van der Waals surface area contributed by atoms with Gasteiger partial charge in [0, 0.05) is 6.42 Å². The highest BCUT2D eigenvalue weighted by molar-refractivity contribution is 6.00. The van der Waals surface area contributed by atoms with Gasteiger partial charge in [-0.2, -0.15) is 0 Å². The first-order valence-corrected chi connectivity index (χ1v) is 6.51. The van der Waals surface area contributed by atoms with Crippen molar-refractivity contribution in [1.82, 2.24) is 0 Å². The fraction of sp³-hybridized carbons (Fsp3) is 0.438. The lowest BCUT2D eigenvalue weighted by Gasteiger charge is -2.15. The van der Waals surface area contributed by atoms with Crippen molar-refractivity contribution in [2.75, 3.05) is 0 Å². The van der Waals surface area contributed by atoms with Crippen LogP contribution >= 0.6 is 0 Å². The van der Waals surface area contributed by atoms with Crippen LogP contribution in [0.1, 0.15) is 56.6 Å². The van der Waals surface area contributed by atoms with E-state index < -0.39 is 0 Å². The first kappa shape index (κ1) is 12.1. The molecule has 1 nitrogen and oxygen atoms in total. The fourth-order valence-corrected chi connectivity index (χ4v) is 2.41. The second-order valence-corrected chi connectivity index (χ2v) is 5.08. The quantitative estimate of drug-likeness (QED) is 0.688. The van der Waals surface area contributed by atoms with Gasteiger partial charge in [0.05, 0.1) is 0 Å². The Kier molecular flexibility index (Phi) is 3.78. The number of carbonyl (C=O) groups is 1. The topological polar surface area (TPSA) is 17.1 Å². The SMILES string of the molecule is CC(C)c1ccccc1/C=C1\CCCCC1=O. The molecule has 1 fully saturated rings. The van der Waals surface area contributed by atoms with Crippen molar-refractivity contribution in [2.45, 2.75) is 45.4 Å². The Morgan fingerprint density at radius 2 is 1.82 bits per heavy atom. The largest absolute Gasteiger partial charge is 0.295 e. The standard InChI is InChI=1S/C16H20O/c1-12(2)15-9-5-3-7-13(15)11-14-8-4-6-10-16(14)17/h3,5,7,9,11-12H,4,6,8,10H2,1-2H3/b14-11+. The molecular weight excluding hydrogens is 208 g/mol. The average Bonchev–Trinajstić information content (AvgIpc) is 2.32. The van der Waals surface area contributed by atoms with E-state index in [1.54, 1.807) is 0 Å². The second-order valence-electron chi connectivity index (χ2n) is 5.08. The van der Waals surface area contributed by atoms with Gasteiger partial charge in [0.2, 0.25) is 0 Å². The number of ketones is 1. The molecule has 0 saturated heterocycles. The van der Waals surface area contributed by atoms with Gasteiger partial charge in [0.1, 0.15) is 0 Å². The van der Waals surface area contributed by atoms with Crippen molar-refractivity contribution in [3.8, 4) is 0 Å². The maximum Gasteiger partial charge on any atom is 0.158 e. The van der Waals surface area contributed by atoms with Crippen LogP contribution in [0.4, 0.5) is 0 Å². The Bertz CT molecular complexity index is 441. The second kappa shape index (κ2) is 5.31. The van der Waals surface area contributed by atoms with Gasteiger partial charge in [-0.1, -0.05) is 38.1 Å². The van der Waals surface area contributed by atoms with Gasteiger partial charge >= 0.3 is 0 Å². The normalized spacial score (nSPS) is 19.0. The first-order chi connectivity index (χ1) is 8.18. The molecule has 17 heavy (non-hydrogen) atoms. The molecule has 0 spiro atoms. The Morgan fingerprint density at radius 3 is 2.53 bits per heavy atom. The van der Waals surface area contributed by atoms with Crippen molar-refractivity contribution < 1.29 is 4.79 Å². The minimum atomic E-state index is 0.342. The Hall–Kier alpha value is -1.37. The van der Waals surface area contributed by atoms with Crippen molar-refractivity contribution >= 4 is 11.9 Å². The summed E-state index contributed by atoms with van der Waals surface area (Å²) in [6.45, 7) is 4.39. The molecule has 2 rings (SSSR count). The van der Waals surface area contributed by atoms with E-state index in [1.807, 2.05) is 6.07 Å². The molecule has 0 aliphatic heterocycles. The molecule has 0 bridgehead atoms. The molecule has 0 atom stereocenters. The highest BCUT2D eigenvalue weighted by atomic mass is 16.1. The predicted octanol–water partition coefficient (Wildman–Crippen LogP) is 4.34. The van der Waals surface area contributed by atoms with E-state index in [0.29, 0.717) is 11.7 Å². The van der Waals surface area contributed by atoms with E-state index in [0.717, 1.165) is 31.3 Å². The van der Waals surface area contributed by atoms with Crippen LogP contribution in [0.3, 0.4) is 0 Å². The molecule has 0 N–H and O–H groups in total. The van der Waals surface area contributed by atoms with E-state index in [-0.39, 0.29) is 0 Å². The molecule has 0 heterocycles. The zero-order valence-corrected chi connectivity index (χ0v) is 10.7. The third kappa shape index (κ3) is 2.85. The molecule has 0 aromatic heterocycles. The molecule has 0 unspecified atom stereocenters. The number of hydrogen-bond donors (Lipinski definition) is 0. The van der Waals surface area contributed by atoms with Crippen molar-refractivity contribution in [3.63, 3.8) is 0 Å². The van der Waals surface area contributed by atoms with Crippen LogP contribution in [-0.4, -0.2) is 5.78 Å². The zero-order valence-electron chi connectivity index (χ0n) is 10.7. The molecule has 0 amide bonds. The van der Waals surface area contributed by atoms with Crippen LogP contribution in [0.5, 0.6) is 0 Å². The molecule has 1 aromatic carbocycles. The molecule has 1 aliphatic rings. The molecular formula is C16H20O. The first-order valence-electron chi connectivity index (χ1n) is 6.51. The fourth-order valence-electron chi connectivity index (χ4n) is 2.41. The van der Waals surface area contributed by atoms with Gasteiger partial charge in [0.25, 0.3) is 0 Å². The number of hydrogen-bond acceptors (Lipinski definition) is 1. The number of rotatable bonds is 2. The van der Waals surface area contributed by atoms with E-state index in [4.69, 9.17) is 0 Å². The molecule has 90 valence electrons. The summed E-state index contributed by atoms with van der Waals surface area (Å²) in [5.74, 6) is 0.844. The number of allylic oxidation sites excluding steroid dienone is 1. The smallest absolute Gasteiger partial charge is 0.158 e. The van der Waals surface area contributed by atoms with Crippen molar-refractivity contribution in [2.24, 2.45) is 0 Å². The van der Waals surface area contributed by atoms with Crippen molar-refractivity contribution in [1.29, 1.82) is 0 Å². The lowest BCUT2D eigenvalue weighted by atomic mass is 9.89. The lowest BCUT2D eigenvalue weighted by molar-refractivity contribution is -0.116. The third-order valence-corrected chi connectivity index (χ3v) is 3.41. The number of benzene rings is 1. The van der Waals surface area contributed by atoms with Crippen LogP contribution in [0.2, 0.25) is 0 Å². The van der Waals surface area contributed by atoms with E-state index in [2.05, 4.69) is 38.1 Å². The van der Waals surface area contributed by atoms with E-state index in [9.17, 15) is 4.79 Å². The maximum atomic E-state index is 11.8. The zero-order chi connectivity index (χ0) is 12.3. The molecule has 1 aliphatic carbocycles. The molecule has 1 heteroatoms. The summed E-state index contributed by atoms with van der Waals surface area (Å²) in [5, 5.41) is 0. The minimum absolute atomic E-state index is 0.342. The summed E-state index contributed by atoms with van der Waals surface area (Å²) >= 11 is 0. The van der Waals surface area contributed by atoms with Gasteiger partial charge < -0.3 is 0 Å². The van der Waals surface area contributed by atoms with Gasteiger partial charge in [-0.15, -0.1) is 0 Å². The minimum Gasteiger partial charge on any atom is -0.295 e. The average molecular weight is 228 g/mol. The molecule has 0 radical (unpaired) electrons. The van der Waals surface area contributed by atoms with Crippen LogP contribution in [0.15, 0.2) is 29.8 Å². The maximum absolute atomic E-state index is 11.8. The Morgan fingerprint density at radius 1 is 1.12 bits per heavy atom. The van der Waals surface area contributed by atoms with Crippen LogP contribution < -0.4 is 0 Å². The third-order valence-electron chi connectivity index (χ3n) is 3.41. The number of Topliss-reactive ketones (excluding diaryl/α,β-unsaturated/α-hetero) is 1. The Labute approximate surface area is 104 Å². The van der Waals surface area contributed by atoms with E-state index >= 15 is 0 Å². The summed E-state index contributed by atoms with van der Waals surface area (Å²) in [4.78, 5) is 11.8. The predicted molar refractivity (Wildman–Crippen MR) is 72.0 cm³/mol. The summed E-state index contributed by atoms with van der Waals surface area (Å²) in [5.41, 5.74) is 3.57. The number of carbonyl (C=O) groups excluding carboxylic acids is 1. The summed E-state index contributed by atoms with van der Waals surface area (Å²) in [6, 6.07) is 8.39. The van der Waals surface area contributed by atoms with Gasteiger partial charge in [-0.05, 0) is 48.0 Å². The highest BCUT2D eigenvalue weighted by Gasteiger charge is 2.15. The monoisotopic (exact) mass is 228 g/mol. The van der Waals surface area contributed by atoms with Gasteiger partial charge in [0.15, 0.2) is 5.78 Å². The summed E-state index contributed by atoms with van der Waals surface area (Å²) in [7, 11) is 0. The van der Waals surface area contributed by atoms with Crippen LogP contribution in [-0.2, 0) is 4.79 Å². The summed E-state index contributed by atoms with van der Waals surface area (Å²) < 4.78 is 0. The van der Waals surface area contributed by atoms with E-state index in [1.165, 1.54) is 11.1 Å². The molecule has 1 aromatic rings. The lowest BCUT2D eigenvalue weighted by Crippen LogP contribution is -2.08. The van der Waals surface area contributed by atoms with Crippen LogP contribution in [0.25, 0.3) is 6.08 Å². The van der Waals surface area contributed by atoms with Gasteiger partial charge in [-0.25, -0.2) is 0 Å². The van der Waals surface area contributed by atoms with Crippen molar-refractivity contribution in [3.05, 3.63) is 41.0 Å². The summed E-state index contributed by atoms with van der Waals surface area (Å²) in [6.07, 6.45) is 6.00. The van der Waals surface area contributed by atoms with Crippen LogP contribution in [0, 0.1) is 0 Å². The van der Waals surface area contributed by atoms with Gasteiger partial charge in [-0.3, -0.25) is 4.79 Å². The highest BCUT2D eigenvalue weighted by Crippen LogP contribution is 2.26. The Balaban J connectivity index is 2.34. The molecule has 1 saturated carbocycles.